The summed E-state index contributed by atoms with van der Waals surface area (Å²) in [6.45, 7) is 3.02. The molecule has 0 aliphatic carbocycles. The maximum Gasteiger partial charge on any atom is 0.409 e. The number of carbonyl (C=O) groups excluding carboxylic acids is 4. The number of aliphatic imine (C=N–C) groups is 1. The van der Waals surface area contributed by atoms with Crippen LogP contribution in [0.25, 0.3) is 0 Å². The summed E-state index contributed by atoms with van der Waals surface area (Å²) in [5.74, 6) is -1.86. The van der Waals surface area contributed by atoms with Crippen LogP contribution in [0.2, 0.25) is 0 Å². The van der Waals surface area contributed by atoms with Crippen molar-refractivity contribution < 1.29 is 28.8 Å². The largest absolute Gasteiger partial charge is 0.450 e. The molecular formula is C20H23N5O6. The molecule has 3 rings (SSSR count). The van der Waals surface area contributed by atoms with Gasteiger partial charge in [-0.2, -0.15) is 0 Å². The van der Waals surface area contributed by atoms with Crippen molar-refractivity contribution in [2.24, 2.45) is 4.99 Å². The second kappa shape index (κ2) is 9.85. The Labute approximate surface area is 178 Å². The molecule has 3 amide bonds. The smallest absolute Gasteiger partial charge is 0.409 e. The molecule has 1 aromatic carbocycles. The van der Waals surface area contributed by atoms with E-state index in [4.69, 9.17) is 9.57 Å². The van der Waals surface area contributed by atoms with Gasteiger partial charge in [0.25, 0.3) is 11.8 Å². The molecule has 0 aromatic heterocycles. The zero-order valence-electron chi connectivity index (χ0n) is 17.2. The van der Waals surface area contributed by atoms with E-state index in [1.54, 1.807) is 37.3 Å². The molecule has 2 aliphatic rings. The predicted molar refractivity (Wildman–Crippen MR) is 108 cm³/mol. The number of piperazine rings is 1. The molecule has 0 spiro atoms. The zero-order chi connectivity index (χ0) is 22.4. The van der Waals surface area contributed by atoms with Gasteiger partial charge in [-0.15, -0.1) is 0 Å². The summed E-state index contributed by atoms with van der Waals surface area (Å²) in [5.41, 5.74) is 2.47. The highest BCUT2D eigenvalue weighted by Gasteiger charge is 2.30. The van der Waals surface area contributed by atoms with E-state index in [0.29, 0.717) is 5.56 Å². The molecule has 11 nitrogen and oxygen atoms in total. The van der Waals surface area contributed by atoms with Crippen molar-refractivity contribution in [1.29, 1.82) is 0 Å². The summed E-state index contributed by atoms with van der Waals surface area (Å²) < 4.78 is 4.98. The number of hydrogen-bond donors (Lipinski definition) is 1. The Bertz CT molecular complexity index is 921. The number of hydrazine groups is 1. The minimum Gasteiger partial charge on any atom is -0.450 e. The first kappa shape index (κ1) is 22.0. The van der Waals surface area contributed by atoms with E-state index in [1.165, 1.54) is 27.9 Å². The highest BCUT2D eigenvalue weighted by Crippen LogP contribution is 2.12. The number of hydrogen-bond acceptors (Lipinski definition) is 8. The van der Waals surface area contributed by atoms with Crippen molar-refractivity contribution in [3.05, 3.63) is 47.7 Å². The van der Waals surface area contributed by atoms with Crippen LogP contribution in [-0.4, -0.2) is 84.2 Å². The number of amides is 3. The molecule has 1 N–H and O–H groups in total. The Kier molecular flexibility index (Phi) is 6.98. The van der Waals surface area contributed by atoms with Crippen molar-refractivity contribution in [2.75, 3.05) is 39.8 Å². The molecule has 164 valence electrons. The molecule has 2 saturated heterocycles. The lowest BCUT2D eigenvalue weighted by atomic mass is 10.2. The first-order chi connectivity index (χ1) is 14.9. The summed E-state index contributed by atoms with van der Waals surface area (Å²) in [7, 11) is 1.52. The molecule has 31 heavy (non-hydrogen) atoms. The number of ether oxygens (including phenoxy) is 1. The number of nitrogens with one attached hydrogen (secondary N) is 1. The van der Waals surface area contributed by atoms with Gasteiger partial charge in [-0.25, -0.2) is 14.6 Å². The number of likely N-dealkylation sites (N-methyl/N-ethyl adjacent to an activating group) is 1. The number of nitrogens with zero attached hydrogens (tertiary/aromatic N) is 4. The number of rotatable bonds is 4. The Hall–Kier alpha value is -3.73. The Morgan fingerprint density at radius 3 is 2.35 bits per heavy atom. The van der Waals surface area contributed by atoms with Crippen LogP contribution in [0.5, 0.6) is 0 Å². The molecule has 0 saturated carbocycles. The summed E-state index contributed by atoms with van der Waals surface area (Å²) in [6, 6.07) is 8.28. The van der Waals surface area contributed by atoms with E-state index < -0.39 is 23.9 Å². The minimum atomic E-state index is -0.706. The van der Waals surface area contributed by atoms with E-state index in [2.05, 4.69) is 10.6 Å². The van der Waals surface area contributed by atoms with Crippen LogP contribution in [0.1, 0.15) is 17.3 Å². The highest BCUT2D eigenvalue weighted by atomic mass is 16.7. The molecule has 11 heteroatoms. The molecule has 0 atom stereocenters. The SMILES string of the molecule is CCOC(=O)N1CCN(C(=O)C(/C=C2/C(=O)ONN2C)=NC(=O)c2ccccc2)CC1. The molecule has 0 unspecified atom stereocenters. The van der Waals surface area contributed by atoms with Crippen molar-refractivity contribution in [3.63, 3.8) is 0 Å². The minimum absolute atomic E-state index is 0.0260. The van der Waals surface area contributed by atoms with Crippen molar-refractivity contribution in [1.82, 2.24) is 20.4 Å². The Balaban J connectivity index is 1.83. The molecule has 1 aromatic rings. The fourth-order valence-corrected chi connectivity index (χ4v) is 3.00. The van der Waals surface area contributed by atoms with Crippen molar-refractivity contribution >= 4 is 29.6 Å². The lowest BCUT2D eigenvalue weighted by molar-refractivity contribution is -0.142. The number of benzene rings is 1. The van der Waals surface area contributed by atoms with Gasteiger partial charge in [0, 0.05) is 44.9 Å². The van der Waals surface area contributed by atoms with Gasteiger partial charge in [0.05, 0.1) is 6.61 Å². The van der Waals surface area contributed by atoms with Gasteiger partial charge in [0.15, 0.2) is 0 Å². The van der Waals surface area contributed by atoms with Gasteiger partial charge >= 0.3 is 12.1 Å². The summed E-state index contributed by atoms with van der Waals surface area (Å²) in [6.07, 6.45) is 0.773. The van der Waals surface area contributed by atoms with Crippen LogP contribution in [0.4, 0.5) is 4.79 Å². The molecular weight excluding hydrogens is 406 g/mol. The fraction of sp³-hybridized carbons (Fsp3) is 0.350. The summed E-state index contributed by atoms with van der Waals surface area (Å²) in [5, 5.41) is 1.27. The van der Waals surface area contributed by atoms with Gasteiger partial charge in [0.2, 0.25) is 0 Å². The van der Waals surface area contributed by atoms with Gasteiger partial charge in [-0.1, -0.05) is 23.8 Å². The van der Waals surface area contributed by atoms with Crippen molar-refractivity contribution in [3.8, 4) is 0 Å². The normalized spacial score (nSPS) is 18.3. The maximum atomic E-state index is 13.1. The number of carbonyl (C=O) groups is 4. The Morgan fingerprint density at radius 1 is 1.13 bits per heavy atom. The molecule has 0 radical (unpaired) electrons. The van der Waals surface area contributed by atoms with Crippen LogP contribution >= 0.6 is 0 Å². The average Bonchev–Trinajstić information content (AvgIpc) is 3.11. The summed E-state index contributed by atoms with van der Waals surface area (Å²) in [4.78, 5) is 61.2. The van der Waals surface area contributed by atoms with E-state index in [1.807, 2.05) is 0 Å². The van der Waals surface area contributed by atoms with Gasteiger partial charge in [-0.3, -0.25) is 14.6 Å². The lowest BCUT2D eigenvalue weighted by Gasteiger charge is -2.34. The molecule has 2 fully saturated rings. The third-order valence-electron chi connectivity index (χ3n) is 4.67. The van der Waals surface area contributed by atoms with E-state index >= 15 is 0 Å². The maximum absolute atomic E-state index is 13.1. The predicted octanol–water partition coefficient (Wildman–Crippen LogP) is 0.361. The summed E-state index contributed by atoms with van der Waals surface area (Å²) >= 11 is 0. The monoisotopic (exact) mass is 429 g/mol. The topological polar surface area (TPSA) is 121 Å². The second-order valence-electron chi connectivity index (χ2n) is 6.72. The van der Waals surface area contributed by atoms with Crippen LogP contribution in [0, 0.1) is 0 Å². The quantitative estimate of drug-likeness (QED) is 0.538. The lowest BCUT2D eigenvalue weighted by Crippen LogP contribution is -2.52. The van der Waals surface area contributed by atoms with E-state index in [0.717, 1.165) is 0 Å². The zero-order valence-corrected chi connectivity index (χ0v) is 17.2. The standard InChI is InChI=1S/C20H23N5O6/c1-3-30-20(29)25-11-9-24(10-12-25)18(27)15(13-16-19(28)31-22-23(16)2)21-17(26)14-7-5-4-6-8-14/h4-8,13,22H,3,9-12H2,1-2H3/b16-13-,21-15?. The van der Waals surface area contributed by atoms with Crippen LogP contribution in [-0.2, 0) is 19.2 Å². The third-order valence-corrected chi connectivity index (χ3v) is 4.67. The molecule has 2 aliphatic heterocycles. The van der Waals surface area contributed by atoms with Gasteiger partial charge in [-0.05, 0) is 19.1 Å². The van der Waals surface area contributed by atoms with E-state index in [9.17, 15) is 19.2 Å². The average molecular weight is 429 g/mol. The van der Waals surface area contributed by atoms with Crippen LogP contribution < -0.4 is 5.59 Å². The third kappa shape index (κ3) is 5.25. The first-order valence-corrected chi connectivity index (χ1v) is 9.72. The van der Waals surface area contributed by atoms with Crippen LogP contribution in [0.15, 0.2) is 47.1 Å². The fourth-order valence-electron chi connectivity index (χ4n) is 3.00. The van der Waals surface area contributed by atoms with Crippen LogP contribution in [0.3, 0.4) is 0 Å². The van der Waals surface area contributed by atoms with Gasteiger partial charge in [0.1, 0.15) is 11.4 Å². The first-order valence-electron chi connectivity index (χ1n) is 9.72. The molecule has 2 heterocycles. The molecule has 0 bridgehead atoms. The second-order valence-corrected chi connectivity index (χ2v) is 6.72. The van der Waals surface area contributed by atoms with E-state index in [-0.39, 0.29) is 44.2 Å². The van der Waals surface area contributed by atoms with Crippen molar-refractivity contribution in [2.45, 2.75) is 6.92 Å². The highest BCUT2D eigenvalue weighted by molar-refractivity contribution is 6.45. The Morgan fingerprint density at radius 2 is 1.77 bits per heavy atom. The van der Waals surface area contributed by atoms with Gasteiger partial charge < -0.3 is 19.4 Å².